The van der Waals surface area contributed by atoms with Gasteiger partial charge in [-0.25, -0.2) is 8.78 Å². The number of hydrogen-bond acceptors (Lipinski definition) is 1. The zero-order valence-corrected chi connectivity index (χ0v) is 10.1. The number of aryl methyl sites for hydroxylation is 2. The molecule has 0 spiro atoms. The summed E-state index contributed by atoms with van der Waals surface area (Å²) < 4.78 is 27.0. The predicted octanol–water partition coefficient (Wildman–Crippen LogP) is 3.81. The first kappa shape index (κ1) is 12.4. The highest BCUT2D eigenvalue weighted by molar-refractivity contribution is 6.09. The fourth-order valence-electron chi connectivity index (χ4n) is 1.68. The molecule has 18 heavy (non-hydrogen) atoms. The lowest BCUT2D eigenvalue weighted by Gasteiger charge is -2.05. The average Bonchev–Trinajstić information content (AvgIpc) is 2.34. The van der Waals surface area contributed by atoms with E-state index >= 15 is 0 Å². The Labute approximate surface area is 104 Å². The molecule has 0 N–H and O–H groups in total. The highest BCUT2D eigenvalue weighted by Gasteiger charge is 2.16. The molecule has 0 fully saturated rings. The van der Waals surface area contributed by atoms with Gasteiger partial charge in [0.1, 0.15) is 11.6 Å². The maximum atomic E-state index is 13.7. The van der Waals surface area contributed by atoms with Gasteiger partial charge in [0.25, 0.3) is 0 Å². The lowest BCUT2D eigenvalue weighted by molar-refractivity contribution is 0.103. The highest BCUT2D eigenvalue weighted by Crippen LogP contribution is 2.18. The number of hydrogen-bond donors (Lipinski definition) is 0. The van der Waals surface area contributed by atoms with Crippen molar-refractivity contribution < 1.29 is 13.6 Å². The van der Waals surface area contributed by atoms with Gasteiger partial charge in [-0.1, -0.05) is 29.8 Å². The molecule has 0 aliphatic carbocycles. The molecule has 0 atom stereocenters. The van der Waals surface area contributed by atoms with Crippen LogP contribution in [0.4, 0.5) is 8.78 Å². The second-order valence-corrected chi connectivity index (χ2v) is 4.28. The Hall–Kier alpha value is -2.03. The van der Waals surface area contributed by atoms with E-state index in [1.165, 1.54) is 6.92 Å². The molecule has 0 saturated heterocycles. The van der Waals surface area contributed by atoms with Gasteiger partial charge < -0.3 is 0 Å². The van der Waals surface area contributed by atoms with Gasteiger partial charge in [0, 0.05) is 5.56 Å². The average molecular weight is 246 g/mol. The Bertz CT molecular complexity index is 601. The molecule has 0 amide bonds. The van der Waals surface area contributed by atoms with E-state index in [0.717, 1.165) is 17.7 Å². The second-order valence-electron chi connectivity index (χ2n) is 4.28. The van der Waals surface area contributed by atoms with Crippen LogP contribution in [0.3, 0.4) is 0 Å². The molecule has 0 saturated carbocycles. The first-order chi connectivity index (χ1) is 8.49. The van der Waals surface area contributed by atoms with Crippen LogP contribution < -0.4 is 0 Å². The van der Waals surface area contributed by atoms with Gasteiger partial charge in [-0.3, -0.25) is 4.79 Å². The van der Waals surface area contributed by atoms with Gasteiger partial charge in [-0.2, -0.15) is 0 Å². The molecule has 0 unspecified atom stereocenters. The minimum atomic E-state index is -0.695. The van der Waals surface area contributed by atoms with Crippen LogP contribution in [0.1, 0.15) is 27.0 Å². The highest BCUT2D eigenvalue weighted by atomic mass is 19.1. The van der Waals surface area contributed by atoms with Crippen molar-refractivity contribution in [3.8, 4) is 0 Å². The summed E-state index contributed by atoms with van der Waals surface area (Å²) in [4.78, 5) is 12.0. The number of ketones is 1. The van der Waals surface area contributed by atoms with Gasteiger partial charge >= 0.3 is 0 Å². The van der Waals surface area contributed by atoms with E-state index in [9.17, 15) is 13.6 Å². The van der Waals surface area contributed by atoms with Crippen molar-refractivity contribution >= 4 is 5.78 Å². The van der Waals surface area contributed by atoms with Crippen LogP contribution in [0.5, 0.6) is 0 Å². The van der Waals surface area contributed by atoms with Crippen molar-refractivity contribution in [1.82, 2.24) is 0 Å². The summed E-state index contributed by atoms with van der Waals surface area (Å²) in [6, 6.07) is 8.72. The molecule has 0 radical (unpaired) electrons. The van der Waals surface area contributed by atoms with E-state index in [0.29, 0.717) is 5.56 Å². The molecule has 0 heterocycles. The summed E-state index contributed by atoms with van der Waals surface area (Å²) in [5.74, 6) is -1.78. The van der Waals surface area contributed by atoms with E-state index < -0.39 is 17.4 Å². The third kappa shape index (κ3) is 2.30. The van der Waals surface area contributed by atoms with Crippen LogP contribution in [-0.4, -0.2) is 5.78 Å². The molecular weight excluding hydrogens is 234 g/mol. The van der Waals surface area contributed by atoms with Crippen LogP contribution in [0.15, 0.2) is 36.4 Å². The molecule has 0 aliphatic rings. The first-order valence-electron chi connectivity index (χ1n) is 5.56. The maximum absolute atomic E-state index is 13.7. The summed E-state index contributed by atoms with van der Waals surface area (Å²) >= 11 is 0. The van der Waals surface area contributed by atoms with E-state index in [2.05, 4.69) is 0 Å². The summed E-state index contributed by atoms with van der Waals surface area (Å²) in [5.41, 5.74) is 1.31. The van der Waals surface area contributed by atoms with Gasteiger partial charge in [0.05, 0.1) is 5.56 Å². The van der Waals surface area contributed by atoms with Gasteiger partial charge in [0.15, 0.2) is 5.78 Å². The van der Waals surface area contributed by atoms with Crippen LogP contribution in [0, 0.1) is 25.5 Å². The molecule has 3 heteroatoms. The Morgan fingerprint density at radius 3 is 2.17 bits per heavy atom. The minimum Gasteiger partial charge on any atom is -0.288 e. The first-order valence-corrected chi connectivity index (χ1v) is 5.56. The van der Waals surface area contributed by atoms with Crippen molar-refractivity contribution in [3.05, 3.63) is 70.3 Å². The molecule has 2 rings (SSSR count). The van der Waals surface area contributed by atoms with Crippen molar-refractivity contribution in [2.24, 2.45) is 0 Å². The van der Waals surface area contributed by atoms with Gasteiger partial charge in [0.2, 0.25) is 0 Å². The zero-order valence-electron chi connectivity index (χ0n) is 10.1. The largest absolute Gasteiger partial charge is 0.288 e. The number of rotatable bonds is 2. The minimum absolute atomic E-state index is 0.188. The smallest absolute Gasteiger partial charge is 0.196 e. The van der Waals surface area contributed by atoms with Crippen molar-refractivity contribution in [1.29, 1.82) is 0 Å². The number of carbonyl (C=O) groups is 1. The number of benzene rings is 2. The fourth-order valence-corrected chi connectivity index (χ4v) is 1.68. The maximum Gasteiger partial charge on any atom is 0.196 e. The molecule has 0 aromatic heterocycles. The van der Waals surface area contributed by atoms with Crippen molar-refractivity contribution in [3.63, 3.8) is 0 Å². The molecule has 1 nitrogen and oxygen atoms in total. The van der Waals surface area contributed by atoms with E-state index in [1.54, 1.807) is 24.3 Å². The van der Waals surface area contributed by atoms with Crippen LogP contribution in [0.2, 0.25) is 0 Å². The standard InChI is InChI=1S/C15H12F2O/c1-9-3-5-11(6-4-9)15(18)12-8-13(16)10(2)7-14(12)17/h3-8H,1-2H3. The Morgan fingerprint density at radius 1 is 0.944 bits per heavy atom. The summed E-state index contributed by atoms with van der Waals surface area (Å²) in [6.45, 7) is 3.35. The van der Waals surface area contributed by atoms with Gasteiger partial charge in [-0.15, -0.1) is 0 Å². The Balaban J connectivity index is 2.46. The van der Waals surface area contributed by atoms with Crippen molar-refractivity contribution in [2.75, 3.05) is 0 Å². The molecule has 2 aromatic rings. The summed E-state index contributed by atoms with van der Waals surface area (Å²) in [6.07, 6.45) is 0. The normalized spacial score (nSPS) is 10.4. The van der Waals surface area contributed by atoms with Crippen LogP contribution in [-0.2, 0) is 0 Å². The van der Waals surface area contributed by atoms with Crippen LogP contribution >= 0.6 is 0 Å². The predicted molar refractivity (Wildman–Crippen MR) is 65.7 cm³/mol. The summed E-state index contributed by atoms with van der Waals surface area (Å²) in [7, 11) is 0. The monoisotopic (exact) mass is 246 g/mol. The number of carbonyl (C=O) groups excluding carboxylic acids is 1. The third-order valence-corrected chi connectivity index (χ3v) is 2.81. The molecule has 0 bridgehead atoms. The second kappa shape index (κ2) is 4.69. The number of halogens is 2. The lowest BCUT2D eigenvalue weighted by atomic mass is 10.0. The Kier molecular flexibility index (Phi) is 3.24. The zero-order chi connectivity index (χ0) is 13.3. The van der Waals surface area contributed by atoms with Gasteiger partial charge in [-0.05, 0) is 31.5 Å². The Morgan fingerprint density at radius 2 is 1.56 bits per heavy atom. The molecule has 2 aromatic carbocycles. The lowest BCUT2D eigenvalue weighted by Crippen LogP contribution is -2.06. The fraction of sp³-hybridized carbons (Fsp3) is 0.133. The van der Waals surface area contributed by atoms with E-state index in [-0.39, 0.29) is 11.1 Å². The molecular formula is C15H12F2O. The third-order valence-electron chi connectivity index (χ3n) is 2.81. The van der Waals surface area contributed by atoms with E-state index in [1.807, 2.05) is 6.92 Å². The quantitative estimate of drug-likeness (QED) is 0.736. The molecule has 0 aliphatic heterocycles. The van der Waals surface area contributed by atoms with Crippen LogP contribution in [0.25, 0.3) is 0 Å². The topological polar surface area (TPSA) is 17.1 Å². The van der Waals surface area contributed by atoms with E-state index in [4.69, 9.17) is 0 Å². The van der Waals surface area contributed by atoms with Crippen molar-refractivity contribution in [2.45, 2.75) is 13.8 Å². The SMILES string of the molecule is Cc1ccc(C(=O)c2cc(F)c(C)cc2F)cc1. The molecule has 92 valence electrons. The summed E-state index contributed by atoms with van der Waals surface area (Å²) in [5, 5.41) is 0.